The van der Waals surface area contributed by atoms with Crippen LogP contribution in [0.25, 0.3) is 10.9 Å². The van der Waals surface area contributed by atoms with E-state index in [2.05, 4.69) is 15.2 Å². The van der Waals surface area contributed by atoms with Crippen LogP contribution in [-0.4, -0.2) is 39.9 Å². The third kappa shape index (κ3) is 3.62. The van der Waals surface area contributed by atoms with Crippen molar-refractivity contribution in [3.05, 3.63) is 60.7 Å². The summed E-state index contributed by atoms with van der Waals surface area (Å²) in [5, 5.41) is 6.51. The van der Waals surface area contributed by atoms with Crippen LogP contribution < -0.4 is 10.6 Å². The second kappa shape index (κ2) is 7.59. The first-order chi connectivity index (χ1) is 13.6. The summed E-state index contributed by atoms with van der Waals surface area (Å²) in [5.74, 6) is -0.199. The van der Waals surface area contributed by atoms with Crippen LogP contribution in [0, 0.1) is 0 Å². The normalized spacial score (nSPS) is 16.6. The molecule has 8 heteroatoms. The zero-order chi connectivity index (χ0) is 19.5. The zero-order valence-electron chi connectivity index (χ0n) is 15.1. The molecule has 4 amide bonds. The van der Waals surface area contributed by atoms with Crippen LogP contribution in [0.3, 0.4) is 0 Å². The Labute approximate surface area is 161 Å². The fourth-order valence-corrected chi connectivity index (χ4v) is 3.33. The molecule has 1 aliphatic rings. The number of nitrogens with zero attached hydrogens (tertiary/aromatic N) is 2. The maximum Gasteiger partial charge on any atom is 0.325 e. The molecule has 1 fully saturated rings. The highest BCUT2D eigenvalue weighted by molar-refractivity contribution is 6.05. The van der Waals surface area contributed by atoms with Crippen molar-refractivity contribution in [2.24, 2.45) is 0 Å². The van der Waals surface area contributed by atoms with Gasteiger partial charge in [-0.1, -0.05) is 18.2 Å². The summed E-state index contributed by atoms with van der Waals surface area (Å²) >= 11 is 0. The molecule has 144 valence electrons. The number of nitrogens with one attached hydrogen (secondary N) is 2. The van der Waals surface area contributed by atoms with Crippen LogP contribution in [0.15, 0.2) is 59.3 Å². The van der Waals surface area contributed by atoms with E-state index in [1.54, 1.807) is 12.1 Å². The van der Waals surface area contributed by atoms with Gasteiger partial charge in [-0.15, -0.1) is 0 Å². The van der Waals surface area contributed by atoms with Crippen molar-refractivity contribution in [3.8, 4) is 0 Å². The maximum absolute atomic E-state index is 12.4. The predicted octanol–water partition coefficient (Wildman–Crippen LogP) is 1.86. The van der Waals surface area contributed by atoms with Crippen LogP contribution >= 0.6 is 0 Å². The number of imide groups is 1. The Hall–Kier alpha value is -3.55. The Bertz CT molecular complexity index is 1010. The van der Waals surface area contributed by atoms with Crippen molar-refractivity contribution < 1.29 is 18.8 Å². The second-order valence-electron chi connectivity index (χ2n) is 6.63. The number of benzene rings is 1. The molecule has 4 rings (SSSR count). The molecule has 2 aromatic heterocycles. The van der Waals surface area contributed by atoms with E-state index in [0.29, 0.717) is 18.8 Å². The van der Waals surface area contributed by atoms with Gasteiger partial charge in [0.05, 0.1) is 19.2 Å². The first-order valence-electron chi connectivity index (χ1n) is 9.06. The number of hydrogen-bond acceptors (Lipinski definition) is 4. The number of carbonyl (C=O) groups is 3. The van der Waals surface area contributed by atoms with Gasteiger partial charge in [0.25, 0.3) is 5.91 Å². The van der Waals surface area contributed by atoms with Crippen molar-refractivity contribution in [1.82, 2.24) is 20.1 Å². The molecule has 28 heavy (non-hydrogen) atoms. The van der Waals surface area contributed by atoms with Crippen LogP contribution in [0.2, 0.25) is 0 Å². The highest BCUT2D eigenvalue weighted by Gasteiger charge is 2.39. The summed E-state index contributed by atoms with van der Waals surface area (Å²) in [6, 6.07) is 12.0. The van der Waals surface area contributed by atoms with E-state index in [4.69, 9.17) is 4.42 Å². The van der Waals surface area contributed by atoms with E-state index in [-0.39, 0.29) is 18.9 Å². The Balaban J connectivity index is 1.28. The molecule has 0 radical (unpaired) electrons. The number of urea groups is 1. The molecule has 0 saturated carbocycles. The largest absolute Gasteiger partial charge is 0.467 e. The van der Waals surface area contributed by atoms with Crippen molar-refractivity contribution in [2.75, 3.05) is 6.54 Å². The molecule has 1 aromatic carbocycles. The van der Waals surface area contributed by atoms with Gasteiger partial charge in [-0.3, -0.25) is 14.5 Å². The van der Waals surface area contributed by atoms with Crippen molar-refractivity contribution in [3.63, 3.8) is 0 Å². The zero-order valence-corrected chi connectivity index (χ0v) is 15.1. The molecule has 1 aliphatic heterocycles. The maximum atomic E-state index is 12.4. The van der Waals surface area contributed by atoms with Gasteiger partial charge in [0.1, 0.15) is 11.8 Å². The van der Waals surface area contributed by atoms with Gasteiger partial charge in [-0.25, -0.2) is 4.79 Å². The summed E-state index contributed by atoms with van der Waals surface area (Å²) in [7, 11) is 0. The molecule has 1 atom stereocenters. The molecule has 3 aromatic rings. The SMILES string of the molecule is O=C(C[C@@H]1NC(=O)N(Cc2ccco2)C1=O)NCCn1ccc2ccccc21. The Morgan fingerprint density at radius 3 is 2.82 bits per heavy atom. The van der Waals surface area contributed by atoms with Crippen molar-refractivity contribution in [1.29, 1.82) is 0 Å². The summed E-state index contributed by atoms with van der Waals surface area (Å²) in [4.78, 5) is 37.7. The smallest absolute Gasteiger partial charge is 0.325 e. The lowest BCUT2D eigenvalue weighted by molar-refractivity contribution is -0.131. The number of furan rings is 1. The molecular weight excluding hydrogens is 360 g/mol. The van der Waals surface area contributed by atoms with Crippen LogP contribution in [0.5, 0.6) is 0 Å². The van der Waals surface area contributed by atoms with Crippen LogP contribution in [0.4, 0.5) is 4.79 Å². The van der Waals surface area contributed by atoms with Gasteiger partial charge in [-0.05, 0) is 29.7 Å². The Kier molecular flexibility index (Phi) is 4.84. The molecule has 0 bridgehead atoms. The molecule has 0 spiro atoms. The summed E-state index contributed by atoms with van der Waals surface area (Å²) < 4.78 is 7.23. The minimum Gasteiger partial charge on any atom is -0.467 e. The number of rotatable bonds is 7. The number of fused-ring (bicyclic) bond motifs is 1. The predicted molar refractivity (Wildman–Crippen MR) is 101 cm³/mol. The van der Waals surface area contributed by atoms with Crippen LogP contribution in [-0.2, 0) is 22.7 Å². The lowest BCUT2D eigenvalue weighted by Gasteiger charge is -2.12. The quantitative estimate of drug-likeness (QED) is 0.612. The summed E-state index contributed by atoms with van der Waals surface area (Å²) in [6.07, 6.45) is 3.36. The van der Waals surface area contributed by atoms with Gasteiger partial charge in [0.2, 0.25) is 5.91 Å². The molecule has 2 N–H and O–H groups in total. The summed E-state index contributed by atoms with van der Waals surface area (Å²) in [5.41, 5.74) is 1.10. The number of hydrogen-bond donors (Lipinski definition) is 2. The van der Waals surface area contributed by atoms with Gasteiger partial charge >= 0.3 is 6.03 Å². The van der Waals surface area contributed by atoms with Gasteiger partial charge in [0, 0.05) is 24.8 Å². The fourth-order valence-electron chi connectivity index (χ4n) is 3.33. The third-order valence-electron chi connectivity index (χ3n) is 4.75. The molecule has 0 aliphatic carbocycles. The van der Waals surface area contributed by atoms with E-state index in [0.717, 1.165) is 15.8 Å². The second-order valence-corrected chi connectivity index (χ2v) is 6.63. The van der Waals surface area contributed by atoms with Crippen molar-refractivity contribution in [2.45, 2.75) is 25.6 Å². The average molecular weight is 380 g/mol. The molecule has 8 nitrogen and oxygen atoms in total. The Morgan fingerprint density at radius 1 is 1.14 bits per heavy atom. The third-order valence-corrected chi connectivity index (χ3v) is 4.75. The first kappa shape index (κ1) is 17.8. The van der Waals surface area contributed by atoms with Gasteiger partial charge in [0.15, 0.2) is 0 Å². The van der Waals surface area contributed by atoms with E-state index in [1.807, 2.05) is 36.5 Å². The highest BCUT2D eigenvalue weighted by atomic mass is 16.3. The fraction of sp³-hybridized carbons (Fsp3) is 0.250. The first-order valence-corrected chi connectivity index (χ1v) is 9.06. The molecule has 1 saturated heterocycles. The van der Waals surface area contributed by atoms with Crippen LogP contribution in [0.1, 0.15) is 12.2 Å². The van der Waals surface area contributed by atoms with E-state index < -0.39 is 18.0 Å². The van der Waals surface area contributed by atoms with Crippen molar-refractivity contribution >= 4 is 28.7 Å². The molecule has 3 heterocycles. The highest BCUT2D eigenvalue weighted by Crippen LogP contribution is 2.15. The Morgan fingerprint density at radius 2 is 2.00 bits per heavy atom. The number of carbonyl (C=O) groups excluding carboxylic acids is 3. The number of para-hydroxylation sites is 1. The van der Waals surface area contributed by atoms with E-state index in [1.165, 1.54) is 6.26 Å². The monoisotopic (exact) mass is 380 g/mol. The molecular formula is C20H20N4O4. The average Bonchev–Trinajstić information content (AvgIpc) is 3.40. The minimum absolute atomic E-state index is 0.0521. The number of aromatic nitrogens is 1. The standard InChI is InChI=1S/C20H20N4O4/c25-18(21-8-10-23-9-7-14-4-1-2-6-17(14)23)12-16-19(26)24(20(27)22-16)13-15-5-3-11-28-15/h1-7,9,11,16H,8,10,12-13H2,(H,21,25)(H,22,27)/t16-/m0/s1. The van der Waals surface area contributed by atoms with E-state index >= 15 is 0 Å². The summed E-state index contributed by atoms with van der Waals surface area (Å²) in [6.45, 7) is 1.10. The van der Waals surface area contributed by atoms with Gasteiger partial charge < -0.3 is 19.6 Å². The molecule has 0 unspecified atom stereocenters. The lowest BCUT2D eigenvalue weighted by atomic mass is 10.2. The van der Waals surface area contributed by atoms with Gasteiger partial charge in [-0.2, -0.15) is 0 Å². The lowest BCUT2D eigenvalue weighted by Crippen LogP contribution is -2.37. The topological polar surface area (TPSA) is 96.6 Å². The number of amides is 4. The minimum atomic E-state index is -0.852. The van der Waals surface area contributed by atoms with E-state index in [9.17, 15) is 14.4 Å².